The van der Waals surface area contributed by atoms with Crippen LogP contribution in [0.2, 0.25) is 0 Å². The van der Waals surface area contributed by atoms with Gasteiger partial charge in [0.05, 0.1) is 19.3 Å². The van der Waals surface area contributed by atoms with Crippen LogP contribution < -0.4 is 15.8 Å². The first kappa shape index (κ1) is 12.9. The van der Waals surface area contributed by atoms with Gasteiger partial charge in [-0.2, -0.15) is 4.98 Å². The lowest BCUT2D eigenvalue weighted by Crippen LogP contribution is -2.33. The molecule has 1 aliphatic rings. The van der Waals surface area contributed by atoms with Crippen LogP contribution >= 0.6 is 0 Å². The second kappa shape index (κ2) is 5.86. The van der Waals surface area contributed by atoms with Gasteiger partial charge in [0.25, 0.3) is 0 Å². The van der Waals surface area contributed by atoms with Crippen LogP contribution in [-0.2, 0) is 0 Å². The van der Waals surface area contributed by atoms with Crippen molar-refractivity contribution >= 4 is 11.5 Å². The lowest BCUT2D eigenvalue weighted by Gasteiger charge is -2.23. The van der Waals surface area contributed by atoms with E-state index >= 15 is 0 Å². The normalized spacial score (nSPS) is 24.3. The molecule has 0 amide bonds. The van der Waals surface area contributed by atoms with Crippen LogP contribution in [0.25, 0.3) is 0 Å². The molecule has 0 spiro atoms. The smallest absolute Gasteiger partial charge is 0.242 e. The van der Waals surface area contributed by atoms with Gasteiger partial charge in [-0.1, -0.05) is 19.3 Å². The van der Waals surface area contributed by atoms with E-state index in [1.165, 1.54) is 13.4 Å². The summed E-state index contributed by atoms with van der Waals surface area (Å²) in [6, 6.07) is -0.00518. The van der Waals surface area contributed by atoms with E-state index in [0.717, 1.165) is 32.1 Å². The Labute approximate surface area is 107 Å². The number of anilines is 2. The Morgan fingerprint density at radius 2 is 2.11 bits per heavy atom. The van der Waals surface area contributed by atoms with Gasteiger partial charge in [0.1, 0.15) is 12.0 Å². The van der Waals surface area contributed by atoms with E-state index < -0.39 is 0 Å². The number of nitrogen functional groups attached to an aromatic ring is 1. The average Bonchev–Trinajstić information content (AvgIpc) is 2.57. The molecule has 0 aromatic carbocycles. The van der Waals surface area contributed by atoms with Crippen LogP contribution in [0.5, 0.6) is 5.88 Å². The zero-order chi connectivity index (χ0) is 13.0. The van der Waals surface area contributed by atoms with Crippen molar-refractivity contribution in [3.05, 3.63) is 6.33 Å². The van der Waals surface area contributed by atoms with Gasteiger partial charge in [-0.3, -0.25) is 0 Å². The van der Waals surface area contributed by atoms with Gasteiger partial charge in [0, 0.05) is 0 Å². The molecule has 4 N–H and O–H groups in total. The third-order valence-electron chi connectivity index (χ3n) is 3.34. The summed E-state index contributed by atoms with van der Waals surface area (Å²) >= 11 is 0. The largest absolute Gasteiger partial charge is 0.479 e. The number of methoxy groups -OCH3 is 1. The summed E-state index contributed by atoms with van der Waals surface area (Å²) in [5.41, 5.74) is 6.29. The molecule has 0 bridgehead atoms. The van der Waals surface area contributed by atoms with Crippen molar-refractivity contribution in [3.8, 4) is 5.88 Å². The Morgan fingerprint density at radius 1 is 1.33 bits per heavy atom. The van der Waals surface area contributed by atoms with Crippen molar-refractivity contribution in [1.82, 2.24) is 9.97 Å². The number of nitrogens with zero attached hydrogens (tertiary/aromatic N) is 2. The third kappa shape index (κ3) is 2.81. The van der Waals surface area contributed by atoms with E-state index in [9.17, 15) is 5.11 Å². The lowest BCUT2D eigenvalue weighted by atomic mass is 10.1. The molecule has 2 unspecified atom stereocenters. The lowest BCUT2D eigenvalue weighted by molar-refractivity contribution is 0.144. The van der Waals surface area contributed by atoms with E-state index in [1.54, 1.807) is 0 Å². The Morgan fingerprint density at radius 3 is 2.89 bits per heavy atom. The summed E-state index contributed by atoms with van der Waals surface area (Å²) in [5.74, 6) is 0.892. The molecule has 0 aliphatic heterocycles. The SMILES string of the molecule is COc1ncnc(NC2CCCCCC2O)c1N. The van der Waals surface area contributed by atoms with Gasteiger partial charge in [-0.05, 0) is 12.8 Å². The van der Waals surface area contributed by atoms with Crippen LogP contribution in [0.15, 0.2) is 6.33 Å². The molecule has 6 heteroatoms. The quantitative estimate of drug-likeness (QED) is 0.699. The fourth-order valence-electron chi connectivity index (χ4n) is 2.29. The molecule has 1 heterocycles. The van der Waals surface area contributed by atoms with Crippen LogP contribution in [0, 0.1) is 0 Å². The predicted molar refractivity (Wildman–Crippen MR) is 69.5 cm³/mol. The first-order chi connectivity index (χ1) is 8.72. The van der Waals surface area contributed by atoms with Crippen molar-refractivity contribution in [2.24, 2.45) is 0 Å². The fourth-order valence-corrected chi connectivity index (χ4v) is 2.29. The van der Waals surface area contributed by atoms with Gasteiger partial charge in [-0.15, -0.1) is 0 Å². The average molecular weight is 252 g/mol. The van der Waals surface area contributed by atoms with Crippen LogP contribution in [0.1, 0.15) is 32.1 Å². The second-order valence-corrected chi connectivity index (χ2v) is 4.60. The Bertz CT molecular complexity index is 400. The molecule has 1 aromatic rings. The number of aliphatic hydroxyl groups is 1. The molecule has 1 saturated carbocycles. The first-order valence-electron chi connectivity index (χ1n) is 6.31. The zero-order valence-corrected chi connectivity index (χ0v) is 10.6. The predicted octanol–water partition coefficient (Wildman–Crippen LogP) is 1.17. The van der Waals surface area contributed by atoms with Gasteiger partial charge < -0.3 is 20.9 Å². The number of aliphatic hydroxyl groups excluding tert-OH is 1. The van der Waals surface area contributed by atoms with Gasteiger partial charge in [0.2, 0.25) is 5.88 Å². The minimum Gasteiger partial charge on any atom is -0.479 e. The number of hydrogen-bond donors (Lipinski definition) is 3. The molecule has 0 radical (unpaired) electrons. The molecule has 18 heavy (non-hydrogen) atoms. The second-order valence-electron chi connectivity index (χ2n) is 4.60. The zero-order valence-electron chi connectivity index (χ0n) is 10.6. The molecule has 2 atom stereocenters. The molecule has 1 fully saturated rings. The van der Waals surface area contributed by atoms with Gasteiger partial charge in [0.15, 0.2) is 5.82 Å². The van der Waals surface area contributed by atoms with E-state index in [2.05, 4.69) is 15.3 Å². The molecule has 1 aromatic heterocycles. The maximum atomic E-state index is 10.0. The Kier molecular flexibility index (Phi) is 4.19. The summed E-state index contributed by atoms with van der Waals surface area (Å²) in [4.78, 5) is 8.03. The Balaban J connectivity index is 2.12. The highest BCUT2D eigenvalue weighted by Crippen LogP contribution is 2.27. The Hall–Kier alpha value is -1.56. The van der Waals surface area contributed by atoms with E-state index in [4.69, 9.17) is 10.5 Å². The summed E-state index contributed by atoms with van der Waals surface area (Å²) in [5, 5.41) is 13.3. The molecular weight excluding hydrogens is 232 g/mol. The highest BCUT2D eigenvalue weighted by molar-refractivity contribution is 5.66. The van der Waals surface area contributed by atoms with Crippen molar-refractivity contribution in [1.29, 1.82) is 0 Å². The monoisotopic (exact) mass is 252 g/mol. The number of nitrogens with two attached hydrogens (primary N) is 1. The van der Waals surface area contributed by atoms with Crippen molar-refractivity contribution in [2.75, 3.05) is 18.2 Å². The minimum atomic E-state index is -0.354. The molecule has 100 valence electrons. The molecule has 6 nitrogen and oxygen atoms in total. The first-order valence-corrected chi connectivity index (χ1v) is 6.31. The number of hydrogen-bond acceptors (Lipinski definition) is 6. The number of rotatable bonds is 3. The van der Waals surface area contributed by atoms with E-state index in [0.29, 0.717) is 17.4 Å². The van der Waals surface area contributed by atoms with Gasteiger partial charge >= 0.3 is 0 Å². The highest BCUT2D eigenvalue weighted by Gasteiger charge is 2.23. The third-order valence-corrected chi connectivity index (χ3v) is 3.34. The number of aromatic nitrogens is 2. The maximum absolute atomic E-state index is 10.0. The molecular formula is C12H20N4O2. The van der Waals surface area contributed by atoms with Crippen molar-refractivity contribution < 1.29 is 9.84 Å². The minimum absolute atomic E-state index is 0.00518. The topological polar surface area (TPSA) is 93.3 Å². The van der Waals surface area contributed by atoms with Crippen LogP contribution in [0.4, 0.5) is 11.5 Å². The van der Waals surface area contributed by atoms with Crippen molar-refractivity contribution in [3.63, 3.8) is 0 Å². The van der Waals surface area contributed by atoms with Crippen LogP contribution in [-0.4, -0.2) is 34.3 Å². The summed E-state index contributed by atoms with van der Waals surface area (Å²) < 4.78 is 5.05. The summed E-state index contributed by atoms with van der Waals surface area (Å²) in [7, 11) is 1.52. The number of nitrogens with one attached hydrogen (secondary N) is 1. The highest BCUT2D eigenvalue weighted by atomic mass is 16.5. The molecule has 0 saturated heterocycles. The molecule has 1 aliphatic carbocycles. The van der Waals surface area contributed by atoms with E-state index in [1.807, 2.05) is 0 Å². The fraction of sp³-hybridized carbons (Fsp3) is 0.667. The maximum Gasteiger partial charge on any atom is 0.242 e. The standard InChI is InChI=1S/C12H20N4O2/c1-18-12-10(13)11(14-7-15-12)16-8-5-3-2-4-6-9(8)17/h7-9,17H,2-6,13H2,1H3,(H,14,15,16). The van der Waals surface area contributed by atoms with Gasteiger partial charge in [-0.25, -0.2) is 4.98 Å². The number of ether oxygens (including phenoxy) is 1. The molecule has 2 rings (SSSR count). The summed E-state index contributed by atoms with van der Waals surface area (Å²) in [6.45, 7) is 0. The van der Waals surface area contributed by atoms with Crippen LogP contribution in [0.3, 0.4) is 0 Å². The van der Waals surface area contributed by atoms with Crippen molar-refractivity contribution in [2.45, 2.75) is 44.2 Å². The van der Waals surface area contributed by atoms with E-state index in [-0.39, 0.29) is 12.1 Å². The summed E-state index contributed by atoms with van der Waals surface area (Å²) in [6.07, 6.45) is 6.14.